The van der Waals surface area contributed by atoms with Gasteiger partial charge in [-0.1, -0.05) is 0 Å². The van der Waals surface area contributed by atoms with E-state index in [-0.39, 0.29) is 5.92 Å². The van der Waals surface area contributed by atoms with E-state index in [2.05, 4.69) is 0 Å². The molecule has 1 rings (SSSR count). The molecule has 5 heteroatoms. The first-order valence-electron chi connectivity index (χ1n) is 4.05. The standard InChI is InChI=1S/C7H11BF3O/c9-8(10,11)4-3-7-2-1-5-12-6-7/h3-4,7H,1-2,5-6H2/q-1/b4-3+. The van der Waals surface area contributed by atoms with Crippen LogP contribution >= 0.6 is 0 Å². The molecule has 1 heterocycles. The van der Waals surface area contributed by atoms with Gasteiger partial charge in [-0.15, -0.1) is 12.1 Å². The van der Waals surface area contributed by atoms with Crippen molar-refractivity contribution in [3.63, 3.8) is 0 Å². The molecule has 0 saturated carbocycles. The Kier molecular flexibility index (Phi) is 3.20. The Morgan fingerprint density at radius 1 is 1.33 bits per heavy atom. The molecule has 0 N–H and O–H groups in total. The van der Waals surface area contributed by atoms with Gasteiger partial charge in [-0.05, 0) is 18.8 Å². The summed E-state index contributed by atoms with van der Waals surface area (Å²) in [6.07, 6.45) is 2.89. The molecule has 1 nitrogen and oxygen atoms in total. The molecule has 0 amide bonds. The zero-order valence-corrected chi connectivity index (χ0v) is 6.68. The molecule has 0 spiro atoms. The molecule has 0 aliphatic carbocycles. The number of rotatable bonds is 2. The lowest BCUT2D eigenvalue weighted by molar-refractivity contribution is 0.0710. The molecule has 1 aliphatic heterocycles. The molecule has 0 aromatic heterocycles. The van der Waals surface area contributed by atoms with Gasteiger partial charge in [0.05, 0.1) is 6.61 Å². The van der Waals surface area contributed by atoms with Gasteiger partial charge in [-0.2, -0.15) is 0 Å². The zero-order chi connectivity index (χ0) is 9.03. The fourth-order valence-corrected chi connectivity index (χ4v) is 1.20. The van der Waals surface area contributed by atoms with E-state index in [9.17, 15) is 12.9 Å². The first-order chi connectivity index (χ1) is 5.58. The average Bonchev–Trinajstić information content (AvgIpc) is 2.02. The van der Waals surface area contributed by atoms with Crippen molar-refractivity contribution in [2.45, 2.75) is 12.8 Å². The largest absolute Gasteiger partial charge is 0.502 e. The van der Waals surface area contributed by atoms with Gasteiger partial charge in [0.2, 0.25) is 0 Å². The molecule has 12 heavy (non-hydrogen) atoms. The molecule has 0 aromatic rings. The van der Waals surface area contributed by atoms with Gasteiger partial charge in [0.15, 0.2) is 0 Å². The number of hydrogen-bond acceptors (Lipinski definition) is 1. The molecule has 1 atom stereocenters. The van der Waals surface area contributed by atoms with Crippen LogP contribution in [0.5, 0.6) is 0 Å². The molecular weight excluding hydrogens is 168 g/mol. The summed E-state index contributed by atoms with van der Waals surface area (Å²) in [6, 6.07) is 0. The van der Waals surface area contributed by atoms with Crippen molar-refractivity contribution < 1.29 is 17.7 Å². The monoisotopic (exact) mass is 179 g/mol. The van der Waals surface area contributed by atoms with Gasteiger partial charge in [-0.25, -0.2) is 0 Å². The fourth-order valence-electron chi connectivity index (χ4n) is 1.20. The van der Waals surface area contributed by atoms with Gasteiger partial charge in [0, 0.05) is 6.61 Å². The summed E-state index contributed by atoms with van der Waals surface area (Å²) in [6.45, 7) is -3.65. The van der Waals surface area contributed by atoms with E-state index < -0.39 is 6.98 Å². The van der Waals surface area contributed by atoms with Crippen LogP contribution in [-0.4, -0.2) is 20.2 Å². The van der Waals surface area contributed by atoms with Crippen molar-refractivity contribution in [1.82, 2.24) is 0 Å². The topological polar surface area (TPSA) is 9.23 Å². The van der Waals surface area contributed by atoms with Crippen LogP contribution in [0.1, 0.15) is 12.8 Å². The van der Waals surface area contributed by atoms with Crippen LogP contribution in [0, 0.1) is 5.92 Å². The summed E-state index contributed by atoms with van der Waals surface area (Å²) in [5, 5.41) is 0. The summed E-state index contributed by atoms with van der Waals surface area (Å²) < 4.78 is 40.3. The highest BCUT2D eigenvalue weighted by Gasteiger charge is 2.19. The van der Waals surface area contributed by atoms with Crippen LogP contribution < -0.4 is 0 Å². The maximum atomic E-state index is 11.7. The highest BCUT2D eigenvalue weighted by Crippen LogP contribution is 2.17. The van der Waals surface area contributed by atoms with Crippen molar-refractivity contribution in [3.8, 4) is 0 Å². The van der Waals surface area contributed by atoms with E-state index in [1.807, 2.05) is 0 Å². The van der Waals surface area contributed by atoms with Gasteiger partial charge in [0.25, 0.3) is 0 Å². The zero-order valence-electron chi connectivity index (χ0n) is 6.68. The predicted octanol–water partition coefficient (Wildman–Crippen LogP) is 2.36. The van der Waals surface area contributed by atoms with Crippen molar-refractivity contribution in [2.24, 2.45) is 5.92 Å². The quantitative estimate of drug-likeness (QED) is 0.591. The Labute approximate surface area is 69.6 Å². The van der Waals surface area contributed by atoms with Gasteiger partial charge < -0.3 is 17.7 Å². The lowest BCUT2D eigenvalue weighted by Crippen LogP contribution is -2.17. The Morgan fingerprint density at radius 2 is 2.08 bits per heavy atom. The number of hydrogen-bond donors (Lipinski definition) is 0. The third-order valence-electron chi connectivity index (χ3n) is 1.80. The van der Waals surface area contributed by atoms with E-state index in [1.54, 1.807) is 0 Å². The van der Waals surface area contributed by atoms with E-state index in [4.69, 9.17) is 4.74 Å². The Bertz CT molecular complexity index is 161. The minimum atomic E-state index is -4.77. The normalized spacial score (nSPS) is 26.4. The fraction of sp³-hybridized carbons (Fsp3) is 0.714. The Morgan fingerprint density at radius 3 is 2.58 bits per heavy atom. The first kappa shape index (κ1) is 9.64. The van der Waals surface area contributed by atoms with E-state index in [1.165, 1.54) is 6.08 Å². The molecule has 0 aromatic carbocycles. The van der Waals surface area contributed by atoms with Crippen LogP contribution in [0.2, 0.25) is 0 Å². The second-order valence-electron chi connectivity index (χ2n) is 2.99. The second-order valence-corrected chi connectivity index (χ2v) is 2.99. The van der Waals surface area contributed by atoms with E-state index in [0.717, 1.165) is 12.8 Å². The molecule has 1 saturated heterocycles. The lowest BCUT2D eigenvalue weighted by atomic mass is 9.88. The van der Waals surface area contributed by atoms with E-state index >= 15 is 0 Å². The molecule has 1 unspecified atom stereocenters. The second kappa shape index (κ2) is 3.98. The van der Waals surface area contributed by atoms with E-state index in [0.29, 0.717) is 19.2 Å². The van der Waals surface area contributed by atoms with Crippen LogP contribution in [0.4, 0.5) is 12.9 Å². The highest BCUT2D eigenvalue weighted by atomic mass is 19.4. The Balaban J connectivity index is 2.33. The van der Waals surface area contributed by atoms with Gasteiger partial charge in [0.1, 0.15) is 0 Å². The van der Waals surface area contributed by atoms with Gasteiger partial charge >= 0.3 is 6.98 Å². The van der Waals surface area contributed by atoms with Crippen LogP contribution in [0.3, 0.4) is 0 Å². The summed E-state index contributed by atoms with van der Waals surface area (Å²) in [7, 11) is 0. The molecule has 1 fully saturated rings. The predicted molar refractivity (Wildman–Crippen MR) is 41.8 cm³/mol. The third-order valence-corrected chi connectivity index (χ3v) is 1.80. The van der Waals surface area contributed by atoms with Crippen molar-refractivity contribution in [2.75, 3.05) is 13.2 Å². The lowest BCUT2D eigenvalue weighted by Gasteiger charge is -2.19. The maximum absolute atomic E-state index is 11.7. The summed E-state index contributed by atoms with van der Waals surface area (Å²) in [5.74, 6) is 0.321. The third kappa shape index (κ3) is 3.81. The maximum Gasteiger partial charge on any atom is 0.502 e. The van der Waals surface area contributed by atoms with Crippen LogP contribution in [0.25, 0.3) is 0 Å². The number of halogens is 3. The van der Waals surface area contributed by atoms with Crippen LogP contribution in [0.15, 0.2) is 12.1 Å². The van der Waals surface area contributed by atoms with Crippen molar-refractivity contribution in [3.05, 3.63) is 12.1 Å². The first-order valence-corrected chi connectivity index (χ1v) is 4.05. The molecule has 0 radical (unpaired) electrons. The summed E-state index contributed by atoms with van der Waals surface area (Å²) >= 11 is 0. The van der Waals surface area contributed by atoms with Gasteiger partial charge in [-0.3, -0.25) is 0 Å². The molecular formula is C7H11BF3O-. The molecule has 70 valence electrons. The smallest absolute Gasteiger partial charge is 0.445 e. The van der Waals surface area contributed by atoms with Crippen molar-refractivity contribution >= 4 is 6.98 Å². The minimum absolute atomic E-state index is 0.0396. The van der Waals surface area contributed by atoms with Crippen LogP contribution in [-0.2, 0) is 4.74 Å². The molecule has 1 aliphatic rings. The number of ether oxygens (including phenoxy) is 1. The summed E-state index contributed by atoms with van der Waals surface area (Å²) in [4.78, 5) is 0. The minimum Gasteiger partial charge on any atom is -0.445 e. The SMILES string of the molecule is F[B-](F)(F)/C=C/C1CCCOC1. The Hall–Kier alpha value is -0.445. The summed E-state index contributed by atoms with van der Waals surface area (Å²) in [5.41, 5.74) is 0. The highest BCUT2D eigenvalue weighted by molar-refractivity contribution is 6.64. The van der Waals surface area contributed by atoms with Crippen molar-refractivity contribution in [1.29, 1.82) is 0 Å². The molecule has 0 bridgehead atoms. The average molecular weight is 179 g/mol.